The Balaban J connectivity index is 1.17. The summed E-state index contributed by atoms with van der Waals surface area (Å²) in [5.41, 5.74) is 0.644. The Morgan fingerprint density at radius 3 is 2.32 bits per heavy atom. The van der Waals surface area contributed by atoms with Crippen LogP contribution in [0, 0.1) is 41.3 Å². The summed E-state index contributed by atoms with van der Waals surface area (Å²) in [5.74, 6) is 4.41. The molecule has 1 aromatic carbocycles. The topological polar surface area (TPSA) is 26.3 Å². The second kappa shape index (κ2) is 14.5. The quantitative estimate of drug-likeness (QED) is 0.121. The van der Waals surface area contributed by atoms with E-state index < -0.39 is 0 Å². The predicted molar refractivity (Wildman–Crippen MR) is 151 cm³/mol. The molecule has 0 bridgehead atoms. The molecule has 3 aliphatic carbocycles. The molecular weight excluding hydrogens is 459 g/mol. The van der Waals surface area contributed by atoms with Gasteiger partial charge in [0.05, 0.1) is 5.92 Å². The van der Waals surface area contributed by atoms with E-state index in [-0.39, 0.29) is 17.7 Å². The second-order valence-electron chi connectivity index (χ2n) is 12.6. The van der Waals surface area contributed by atoms with Gasteiger partial charge in [-0.15, -0.1) is 6.58 Å². The van der Waals surface area contributed by atoms with Crippen LogP contribution in [0.4, 0.5) is 4.39 Å². The van der Waals surface area contributed by atoms with Crippen molar-refractivity contribution in [1.82, 2.24) is 0 Å². The van der Waals surface area contributed by atoms with Crippen molar-refractivity contribution in [2.45, 2.75) is 122 Å². The number of fused-ring (bicyclic) bond motifs is 1. The summed E-state index contributed by atoms with van der Waals surface area (Å²) in [6.07, 6.45) is 24.6. The largest absolute Gasteiger partial charge is 0.426 e. The highest BCUT2D eigenvalue weighted by Gasteiger charge is 2.39. The third-order valence-electron chi connectivity index (χ3n) is 10.1. The van der Waals surface area contributed by atoms with Crippen molar-refractivity contribution in [3.8, 4) is 5.75 Å². The van der Waals surface area contributed by atoms with Crippen molar-refractivity contribution < 1.29 is 13.9 Å². The molecule has 1 aromatic rings. The van der Waals surface area contributed by atoms with E-state index in [0.29, 0.717) is 17.7 Å². The van der Waals surface area contributed by atoms with Crippen LogP contribution in [0.25, 0.3) is 0 Å². The van der Waals surface area contributed by atoms with Gasteiger partial charge in [-0.3, -0.25) is 4.79 Å². The zero-order valence-corrected chi connectivity index (χ0v) is 23.4. The van der Waals surface area contributed by atoms with Gasteiger partial charge >= 0.3 is 5.97 Å². The van der Waals surface area contributed by atoms with Crippen LogP contribution in [0.5, 0.6) is 5.75 Å². The van der Waals surface area contributed by atoms with Crippen LogP contribution in [0.15, 0.2) is 30.9 Å². The van der Waals surface area contributed by atoms with Gasteiger partial charge in [-0.2, -0.15) is 0 Å². The van der Waals surface area contributed by atoms with E-state index in [1.54, 1.807) is 18.2 Å². The van der Waals surface area contributed by atoms with Crippen molar-refractivity contribution in [2.24, 2.45) is 35.5 Å². The third kappa shape index (κ3) is 8.17. The molecule has 0 spiro atoms. The van der Waals surface area contributed by atoms with Crippen molar-refractivity contribution in [3.63, 3.8) is 0 Å². The number of halogens is 1. The first-order valence-electron chi connectivity index (χ1n) is 15.7. The molecule has 4 atom stereocenters. The lowest BCUT2D eigenvalue weighted by molar-refractivity contribution is -0.140. The summed E-state index contributed by atoms with van der Waals surface area (Å²) in [6.45, 7) is 5.99. The van der Waals surface area contributed by atoms with E-state index in [2.05, 4.69) is 13.5 Å². The molecule has 206 valence electrons. The maximum atomic E-state index is 14.3. The van der Waals surface area contributed by atoms with E-state index in [4.69, 9.17) is 4.74 Å². The summed E-state index contributed by atoms with van der Waals surface area (Å²) >= 11 is 0. The van der Waals surface area contributed by atoms with E-state index in [9.17, 15) is 9.18 Å². The minimum Gasteiger partial charge on any atom is -0.426 e. The fourth-order valence-corrected chi connectivity index (χ4v) is 7.83. The molecule has 4 unspecified atom stereocenters. The molecule has 0 heterocycles. The average molecular weight is 511 g/mol. The van der Waals surface area contributed by atoms with Crippen LogP contribution in [0.1, 0.15) is 122 Å². The van der Waals surface area contributed by atoms with Crippen molar-refractivity contribution in [2.75, 3.05) is 0 Å². The molecule has 0 radical (unpaired) electrons. The predicted octanol–water partition coefficient (Wildman–Crippen LogP) is 9.85. The molecule has 2 nitrogen and oxygen atoms in total. The molecule has 0 N–H and O–H groups in total. The van der Waals surface area contributed by atoms with Crippen molar-refractivity contribution >= 4 is 5.97 Å². The molecule has 3 aliphatic rings. The molecule has 3 saturated carbocycles. The lowest BCUT2D eigenvalue weighted by atomic mass is 9.60. The fourth-order valence-electron chi connectivity index (χ4n) is 7.83. The van der Waals surface area contributed by atoms with Gasteiger partial charge in [0, 0.05) is 6.07 Å². The molecule has 4 rings (SSSR count). The minimum absolute atomic E-state index is 0.0381. The number of unbranched alkanes of at least 4 members (excludes halogenated alkanes) is 4. The van der Waals surface area contributed by atoms with E-state index in [1.165, 1.54) is 83.1 Å². The Kier molecular flexibility index (Phi) is 11.1. The molecule has 0 aromatic heterocycles. The van der Waals surface area contributed by atoms with Gasteiger partial charge in [-0.1, -0.05) is 64.0 Å². The number of esters is 1. The smallest absolute Gasteiger partial charge is 0.314 e. The van der Waals surface area contributed by atoms with Crippen LogP contribution < -0.4 is 4.74 Å². The van der Waals surface area contributed by atoms with Gasteiger partial charge in [-0.05, 0) is 112 Å². The minimum atomic E-state index is -0.299. The Morgan fingerprint density at radius 2 is 1.59 bits per heavy atom. The van der Waals surface area contributed by atoms with Crippen molar-refractivity contribution in [3.05, 3.63) is 42.2 Å². The average Bonchev–Trinajstić information content (AvgIpc) is 2.92. The third-order valence-corrected chi connectivity index (χ3v) is 10.1. The number of benzene rings is 1. The van der Waals surface area contributed by atoms with Crippen molar-refractivity contribution in [1.29, 1.82) is 0 Å². The molecule has 3 fully saturated rings. The van der Waals surface area contributed by atoms with Crippen LogP contribution in [-0.2, 0) is 11.2 Å². The summed E-state index contributed by atoms with van der Waals surface area (Å²) in [4.78, 5) is 12.8. The molecule has 0 amide bonds. The summed E-state index contributed by atoms with van der Waals surface area (Å²) in [5, 5.41) is 0. The van der Waals surface area contributed by atoms with Gasteiger partial charge < -0.3 is 4.74 Å². The number of aryl methyl sites for hydroxylation is 1. The standard InChI is InChI=1S/C34H51FO2/c1-3-5-7-8-9-10-25-12-13-31-23-30(19-18-29(31)22-25)26-14-16-28(17-15-26)34(36)37-32-21-20-27(11-6-4-2)33(35)24-32/h4,20-21,24-26,28-31H,2-3,5-19,22-23H2,1H3. The maximum absolute atomic E-state index is 14.3. The number of hydrogen-bond acceptors (Lipinski definition) is 2. The number of carbonyl (C=O) groups excluding carboxylic acids is 1. The first-order valence-corrected chi connectivity index (χ1v) is 15.7. The first kappa shape index (κ1) is 28.4. The van der Waals surface area contributed by atoms with Crippen LogP contribution in [-0.4, -0.2) is 5.97 Å². The summed E-state index contributed by atoms with van der Waals surface area (Å²) in [6, 6.07) is 4.82. The maximum Gasteiger partial charge on any atom is 0.314 e. The molecule has 0 saturated heterocycles. The number of hydrogen-bond donors (Lipinski definition) is 0. The highest BCUT2D eigenvalue weighted by atomic mass is 19.1. The Morgan fingerprint density at radius 1 is 0.919 bits per heavy atom. The first-order chi connectivity index (χ1) is 18.1. The SMILES string of the molecule is C=CCCc1ccc(OC(=O)C2CCC(C3CCC4CC(CCCCCCC)CCC4C3)CC2)cc1F. The van der Waals surface area contributed by atoms with Crippen LogP contribution in [0.2, 0.25) is 0 Å². The summed E-state index contributed by atoms with van der Waals surface area (Å²) < 4.78 is 19.9. The highest BCUT2D eigenvalue weighted by Crippen LogP contribution is 2.49. The Labute approximate surface area is 225 Å². The lowest BCUT2D eigenvalue weighted by Crippen LogP contribution is -2.35. The molecule has 37 heavy (non-hydrogen) atoms. The summed E-state index contributed by atoms with van der Waals surface area (Å²) in [7, 11) is 0. The molecular formula is C34H51FO2. The van der Waals surface area contributed by atoms with Gasteiger partial charge in [-0.25, -0.2) is 4.39 Å². The Bertz CT molecular complexity index is 855. The van der Waals surface area contributed by atoms with E-state index in [0.717, 1.165) is 61.7 Å². The fraction of sp³-hybridized carbons (Fsp3) is 0.735. The number of carbonyl (C=O) groups is 1. The van der Waals surface area contributed by atoms with Crippen LogP contribution in [0.3, 0.4) is 0 Å². The number of rotatable bonds is 12. The van der Waals surface area contributed by atoms with E-state index >= 15 is 0 Å². The Hall–Kier alpha value is -1.64. The second-order valence-corrected chi connectivity index (χ2v) is 12.6. The molecule has 3 heteroatoms. The van der Waals surface area contributed by atoms with Gasteiger partial charge in [0.1, 0.15) is 11.6 Å². The van der Waals surface area contributed by atoms with Gasteiger partial charge in [0.25, 0.3) is 0 Å². The molecule has 0 aliphatic heterocycles. The van der Waals surface area contributed by atoms with Gasteiger partial charge in [0.15, 0.2) is 0 Å². The zero-order valence-electron chi connectivity index (χ0n) is 23.4. The zero-order chi connectivity index (χ0) is 26.0. The van der Waals surface area contributed by atoms with E-state index in [1.807, 2.05) is 0 Å². The number of ether oxygens (including phenoxy) is 1. The lowest BCUT2D eigenvalue weighted by Gasteiger charge is -2.45. The van der Waals surface area contributed by atoms with Crippen LogP contribution >= 0.6 is 0 Å². The number of allylic oxidation sites excluding steroid dienone is 1. The normalized spacial score (nSPS) is 29.9. The monoisotopic (exact) mass is 510 g/mol. The van der Waals surface area contributed by atoms with Gasteiger partial charge in [0.2, 0.25) is 0 Å². The highest BCUT2D eigenvalue weighted by molar-refractivity contribution is 5.75.